The lowest BCUT2D eigenvalue weighted by molar-refractivity contribution is -0.136. The molecule has 0 radical (unpaired) electrons. The van der Waals surface area contributed by atoms with Crippen LogP contribution in [-0.4, -0.2) is 24.8 Å². The van der Waals surface area contributed by atoms with Crippen molar-refractivity contribution in [3.63, 3.8) is 0 Å². The summed E-state index contributed by atoms with van der Waals surface area (Å²) in [5, 5.41) is 8.47. The molecule has 0 heterocycles. The van der Waals surface area contributed by atoms with E-state index in [1.807, 2.05) is 6.92 Å². The Kier molecular flexibility index (Phi) is 5.47. The van der Waals surface area contributed by atoms with Crippen molar-refractivity contribution in [1.29, 1.82) is 0 Å². The summed E-state index contributed by atoms with van der Waals surface area (Å²) in [6.45, 7) is 1.95. The Labute approximate surface area is 66.7 Å². The molecule has 0 fully saturated rings. The highest BCUT2D eigenvalue weighted by Crippen LogP contribution is 2.03. The van der Waals surface area contributed by atoms with Crippen molar-refractivity contribution < 1.29 is 14.6 Å². The summed E-state index contributed by atoms with van der Waals surface area (Å²) in [5.74, 6) is -0.305. The molecule has 0 bridgehead atoms. The molecule has 0 spiro atoms. The molecule has 0 aliphatic rings. The molecule has 0 aliphatic heterocycles. The molecule has 0 aromatic rings. The molecule has 1 N–H and O–H groups in total. The molecule has 0 aromatic carbocycles. The van der Waals surface area contributed by atoms with Crippen molar-refractivity contribution in [3.05, 3.63) is 11.6 Å². The second-order valence-electron chi connectivity index (χ2n) is 2.09. The van der Waals surface area contributed by atoms with E-state index in [-0.39, 0.29) is 12.6 Å². The fraction of sp³-hybridized carbons (Fsp3) is 0.625. The average molecular weight is 158 g/mol. The fourth-order valence-electron chi connectivity index (χ4n) is 0.742. The SMILES string of the molecule is CCC(=CCCO)C(=O)OC. The number of hydrogen-bond acceptors (Lipinski definition) is 3. The molecule has 11 heavy (non-hydrogen) atoms. The Morgan fingerprint density at radius 1 is 1.64 bits per heavy atom. The quantitative estimate of drug-likeness (QED) is 0.488. The standard InChI is InChI=1S/C8H14O3/c1-3-7(5-4-6-9)8(10)11-2/h5,9H,3-4,6H2,1-2H3. The fourth-order valence-corrected chi connectivity index (χ4v) is 0.742. The van der Waals surface area contributed by atoms with Crippen molar-refractivity contribution in [3.8, 4) is 0 Å². The zero-order valence-corrected chi connectivity index (χ0v) is 6.96. The van der Waals surface area contributed by atoms with E-state index < -0.39 is 0 Å². The van der Waals surface area contributed by atoms with Crippen LogP contribution in [0.2, 0.25) is 0 Å². The summed E-state index contributed by atoms with van der Waals surface area (Å²) in [6.07, 6.45) is 2.86. The minimum absolute atomic E-state index is 0.0699. The van der Waals surface area contributed by atoms with Gasteiger partial charge in [-0.05, 0) is 12.8 Å². The number of methoxy groups -OCH3 is 1. The predicted molar refractivity (Wildman–Crippen MR) is 42.1 cm³/mol. The van der Waals surface area contributed by atoms with Gasteiger partial charge in [-0.25, -0.2) is 4.79 Å². The van der Waals surface area contributed by atoms with Crippen LogP contribution in [0.4, 0.5) is 0 Å². The highest BCUT2D eigenvalue weighted by atomic mass is 16.5. The Hall–Kier alpha value is -0.830. The summed E-state index contributed by atoms with van der Waals surface area (Å²) >= 11 is 0. The molecule has 3 heteroatoms. The number of ether oxygens (including phenoxy) is 1. The van der Waals surface area contributed by atoms with Gasteiger partial charge in [0.25, 0.3) is 0 Å². The monoisotopic (exact) mass is 158 g/mol. The number of aliphatic hydroxyl groups excluding tert-OH is 1. The summed E-state index contributed by atoms with van der Waals surface area (Å²) in [4.78, 5) is 10.9. The molecule has 3 nitrogen and oxygen atoms in total. The van der Waals surface area contributed by atoms with Crippen LogP contribution in [0.1, 0.15) is 19.8 Å². The second kappa shape index (κ2) is 5.92. The summed E-state index contributed by atoms with van der Waals surface area (Å²) < 4.78 is 4.51. The second-order valence-corrected chi connectivity index (χ2v) is 2.09. The molecule has 64 valence electrons. The topological polar surface area (TPSA) is 46.5 Å². The van der Waals surface area contributed by atoms with Crippen LogP contribution in [0.3, 0.4) is 0 Å². The lowest BCUT2D eigenvalue weighted by Crippen LogP contribution is -2.03. The van der Waals surface area contributed by atoms with Crippen molar-refractivity contribution in [2.24, 2.45) is 0 Å². The van der Waals surface area contributed by atoms with Gasteiger partial charge in [-0.3, -0.25) is 0 Å². The van der Waals surface area contributed by atoms with E-state index in [9.17, 15) is 4.79 Å². The molecule has 0 aromatic heterocycles. The first-order chi connectivity index (χ1) is 5.26. The lowest BCUT2D eigenvalue weighted by atomic mass is 10.2. The van der Waals surface area contributed by atoms with E-state index in [4.69, 9.17) is 5.11 Å². The van der Waals surface area contributed by atoms with Crippen molar-refractivity contribution >= 4 is 5.97 Å². The zero-order valence-electron chi connectivity index (χ0n) is 6.96. The third-order valence-corrected chi connectivity index (χ3v) is 1.35. The van der Waals surface area contributed by atoms with Crippen molar-refractivity contribution in [1.82, 2.24) is 0 Å². The smallest absolute Gasteiger partial charge is 0.333 e. The third-order valence-electron chi connectivity index (χ3n) is 1.35. The van der Waals surface area contributed by atoms with Gasteiger partial charge in [-0.2, -0.15) is 0 Å². The van der Waals surface area contributed by atoms with Gasteiger partial charge in [-0.15, -0.1) is 0 Å². The predicted octanol–water partition coefficient (Wildman–Crippen LogP) is 0.878. The van der Waals surface area contributed by atoms with Gasteiger partial charge in [0.2, 0.25) is 0 Å². The van der Waals surface area contributed by atoms with E-state index in [2.05, 4.69) is 4.74 Å². The van der Waals surface area contributed by atoms with Crippen LogP contribution in [-0.2, 0) is 9.53 Å². The number of carbonyl (C=O) groups excluding carboxylic acids is 1. The Morgan fingerprint density at radius 3 is 2.64 bits per heavy atom. The Balaban J connectivity index is 4.03. The highest BCUT2D eigenvalue weighted by Gasteiger charge is 2.04. The third kappa shape index (κ3) is 3.78. The maximum atomic E-state index is 10.9. The first kappa shape index (κ1) is 10.2. The van der Waals surface area contributed by atoms with Crippen LogP contribution in [0.25, 0.3) is 0 Å². The van der Waals surface area contributed by atoms with Crippen LogP contribution in [0.5, 0.6) is 0 Å². The minimum atomic E-state index is -0.305. The summed E-state index contributed by atoms with van der Waals surface area (Å²) in [6, 6.07) is 0. The molecular weight excluding hydrogens is 144 g/mol. The van der Waals surface area contributed by atoms with Crippen LogP contribution in [0.15, 0.2) is 11.6 Å². The largest absolute Gasteiger partial charge is 0.466 e. The number of carbonyl (C=O) groups is 1. The molecule has 0 saturated heterocycles. The Bertz CT molecular complexity index is 149. The highest BCUT2D eigenvalue weighted by molar-refractivity contribution is 5.88. The molecule has 0 amide bonds. The van der Waals surface area contributed by atoms with E-state index in [0.717, 1.165) is 0 Å². The molecular formula is C8H14O3. The number of hydrogen-bond donors (Lipinski definition) is 1. The van der Waals surface area contributed by atoms with E-state index in [1.54, 1.807) is 6.08 Å². The molecule has 0 saturated carbocycles. The summed E-state index contributed by atoms with van der Waals surface area (Å²) in [7, 11) is 1.35. The first-order valence-corrected chi connectivity index (χ1v) is 3.64. The van der Waals surface area contributed by atoms with Crippen molar-refractivity contribution in [2.45, 2.75) is 19.8 Å². The number of esters is 1. The van der Waals surface area contributed by atoms with Gasteiger partial charge in [-0.1, -0.05) is 13.0 Å². The number of rotatable bonds is 4. The van der Waals surface area contributed by atoms with Crippen LogP contribution >= 0.6 is 0 Å². The maximum Gasteiger partial charge on any atom is 0.333 e. The van der Waals surface area contributed by atoms with E-state index >= 15 is 0 Å². The van der Waals surface area contributed by atoms with Crippen LogP contribution < -0.4 is 0 Å². The average Bonchev–Trinajstić information content (AvgIpc) is 2.05. The molecule has 0 unspecified atom stereocenters. The molecule has 0 rings (SSSR count). The lowest BCUT2D eigenvalue weighted by Gasteiger charge is -2.00. The molecule has 0 aliphatic carbocycles. The minimum Gasteiger partial charge on any atom is -0.466 e. The number of aliphatic hydroxyl groups is 1. The van der Waals surface area contributed by atoms with Gasteiger partial charge in [0.15, 0.2) is 0 Å². The van der Waals surface area contributed by atoms with Gasteiger partial charge in [0, 0.05) is 12.2 Å². The normalized spacial score (nSPS) is 11.4. The summed E-state index contributed by atoms with van der Waals surface area (Å²) in [5.41, 5.74) is 0.626. The van der Waals surface area contributed by atoms with Gasteiger partial charge in [0.05, 0.1) is 7.11 Å². The van der Waals surface area contributed by atoms with Gasteiger partial charge < -0.3 is 9.84 Å². The Morgan fingerprint density at radius 2 is 2.27 bits per heavy atom. The van der Waals surface area contributed by atoms with E-state index in [1.165, 1.54) is 7.11 Å². The molecule has 0 atom stereocenters. The van der Waals surface area contributed by atoms with E-state index in [0.29, 0.717) is 18.4 Å². The maximum absolute atomic E-state index is 10.9. The van der Waals surface area contributed by atoms with Gasteiger partial charge >= 0.3 is 5.97 Å². The zero-order chi connectivity index (χ0) is 8.69. The van der Waals surface area contributed by atoms with Crippen molar-refractivity contribution in [2.75, 3.05) is 13.7 Å². The van der Waals surface area contributed by atoms with Gasteiger partial charge in [0.1, 0.15) is 0 Å². The first-order valence-electron chi connectivity index (χ1n) is 3.64. The van der Waals surface area contributed by atoms with Crippen LogP contribution in [0, 0.1) is 0 Å².